The van der Waals surface area contributed by atoms with E-state index in [1.54, 1.807) is 20.8 Å². The summed E-state index contributed by atoms with van der Waals surface area (Å²) in [7, 11) is 0. The molecule has 0 aromatic heterocycles. The maximum absolute atomic E-state index is 11.9. The molecule has 1 rings (SSSR count). The number of hydrogen-bond donors (Lipinski definition) is 2. The Bertz CT molecular complexity index is 450. The van der Waals surface area contributed by atoms with Gasteiger partial charge in [0.05, 0.1) is 0 Å². The van der Waals surface area contributed by atoms with E-state index < -0.39 is 29.6 Å². The van der Waals surface area contributed by atoms with Gasteiger partial charge in [-0.05, 0) is 12.8 Å². The minimum atomic E-state index is -0.985. The number of alkyl carbamates (subject to hydrolysis) is 1. The fraction of sp³-hybridized carbons (Fsp3) is 0.824. The van der Waals surface area contributed by atoms with Crippen molar-refractivity contribution in [2.45, 2.75) is 76.1 Å². The van der Waals surface area contributed by atoms with E-state index in [0.29, 0.717) is 5.25 Å². The molecule has 2 atom stereocenters. The second-order valence-corrected chi connectivity index (χ2v) is 7.97. The highest BCUT2D eigenvalue weighted by Gasteiger charge is 2.27. The molecular weight excluding hydrogens is 346 g/mol. The van der Waals surface area contributed by atoms with Gasteiger partial charge in [-0.3, -0.25) is 9.59 Å². The monoisotopic (exact) mass is 375 g/mol. The number of carboxylic acid groups (broad SMARTS) is 1. The van der Waals surface area contributed by atoms with Gasteiger partial charge in [0.2, 0.25) is 0 Å². The molecule has 0 radical (unpaired) electrons. The number of carboxylic acids is 1. The van der Waals surface area contributed by atoms with Gasteiger partial charge in [0.15, 0.2) is 0 Å². The largest absolute Gasteiger partial charge is 0.480 e. The van der Waals surface area contributed by atoms with Gasteiger partial charge in [0, 0.05) is 24.1 Å². The van der Waals surface area contributed by atoms with Crippen LogP contribution in [0.1, 0.15) is 59.3 Å². The number of nitrogens with one attached hydrogen (secondary N) is 1. The third-order valence-corrected chi connectivity index (χ3v) is 5.47. The van der Waals surface area contributed by atoms with Gasteiger partial charge in [-0.1, -0.05) is 40.0 Å². The summed E-state index contributed by atoms with van der Waals surface area (Å²) < 4.78 is 10.2. The van der Waals surface area contributed by atoms with Gasteiger partial charge in [0.1, 0.15) is 5.25 Å². The van der Waals surface area contributed by atoms with Crippen LogP contribution in [0, 0.1) is 5.92 Å². The molecule has 25 heavy (non-hydrogen) atoms. The second kappa shape index (κ2) is 11.2. The number of hydrogen-bond acceptors (Lipinski definition) is 6. The summed E-state index contributed by atoms with van der Waals surface area (Å²) in [4.78, 5) is 34.7. The van der Waals surface area contributed by atoms with Gasteiger partial charge < -0.3 is 19.9 Å². The number of carbonyl (C=O) groups excluding carboxylic acids is 2. The summed E-state index contributed by atoms with van der Waals surface area (Å²) in [5, 5.41) is 11.4. The van der Waals surface area contributed by atoms with Crippen LogP contribution in [0.4, 0.5) is 4.79 Å². The Labute approximate surface area is 153 Å². The van der Waals surface area contributed by atoms with Crippen molar-refractivity contribution in [3.63, 3.8) is 0 Å². The molecule has 1 saturated carbocycles. The Kier molecular flexibility index (Phi) is 9.70. The molecule has 1 aliphatic carbocycles. The molecule has 0 spiro atoms. The summed E-state index contributed by atoms with van der Waals surface area (Å²) in [6.07, 6.45) is 3.90. The highest BCUT2D eigenvalue weighted by Crippen LogP contribution is 2.31. The highest BCUT2D eigenvalue weighted by molar-refractivity contribution is 8.01. The minimum Gasteiger partial charge on any atom is -0.480 e. The van der Waals surface area contributed by atoms with Crippen LogP contribution in [-0.4, -0.2) is 46.5 Å². The molecule has 7 nitrogen and oxygen atoms in total. The SMILES string of the molecule is CCC(=O)O[C@H](OC(=O)NC[C@H](SC1CCCCC1)C(=O)O)C(C)C. The Morgan fingerprint density at radius 2 is 1.80 bits per heavy atom. The molecule has 0 bridgehead atoms. The van der Waals surface area contributed by atoms with Gasteiger partial charge in [-0.15, -0.1) is 11.8 Å². The average molecular weight is 375 g/mol. The van der Waals surface area contributed by atoms with Crippen molar-refractivity contribution in [2.75, 3.05) is 6.54 Å². The minimum absolute atomic E-state index is 0.0259. The van der Waals surface area contributed by atoms with Crippen molar-refractivity contribution in [1.29, 1.82) is 0 Å². The molecule has 0 aromatic carbocycles. The van der Waals surface area contributed by atoms with Crippen LogP contribution in [0.2, 0.25) is 0 Å². The first kappa shape index (κ1) is 21.6. The van der Waals surface area contributed by atoms with E-state index >= 15 is 0 Å². The van der Waals surface area contributed by atoms with Crippen LogP contribution in [0.5, 0.6) is 0 Å². The fourth-order valence-electron chi connectivity index (χ4n) is 2.46. The van der Waals surface area contributed by atoms with E-state index in [1.165, 1.54) is 18.2 Å². The third-order valence-electron chi connectivity index (χ3n) is 3.92. The molecule has 1 aliphatic rings. The van der Waals surface area contributed by atoms with Gasteiger partial charge >= 0.3 is 18.0 Å². The quantitative estimate of drug-likeness (QED) is 0.471. The molecule has 2 N–H and O–H groups in total. The Hall–Kier alpha value is -1.44. The predicted molar refractivity (Wildman–Crippen MR) is 95.4 cm³/mol. The lowest BCUT2D eigenvalue weighted by atomic mass is 10.0. The number of amides is 1. The first-order valence-corrected chi connectivity index (χ1v) is 9.80. The van der Waals surface area contributed by atoms with E-state index in [2.05, 4.69) is 5.32 Å². The number of carbonyl (C=O) groups is 3. The molecule has 0 aromatic rings. The lowest BCUT2D eigenvalue weighted by Gasteiger charge is -2.25. The normalized spacial score (nSPS) is 17.6. The van der Waals surface area contributed by atoms with Crippen LogP contribution in [0.25, 0.3) is 0 Å². The summed E-state index contributed by atoms with van der Waals surface area (Å²) in [5.74, 6) is -1.61. The molecule has 0 unspecified atom stereocenters. The number of esters is 1. The number of thioether (sulfide) groups is 1. The molecule has 1 amide bonds. The average Bonchev–Trinajstić information content (AvgIpc) is 2.58. The van der Waals surface area contributed by atoms with Crippen molar-refractivity contribution in [3.8, 4) is 0 Å². The lowest BCUT2D eigenvalue weighted by Crippen LogP contribution is -2.39. The first-order valence-electron chi connectivity index (χ1n) is 8.85. The van der Waals surface area contributed by atoms with E-state index in [4.69, 9.17) is 9.47 Å². The molecule has 0 aliphatic heterocycles. The number of ether oxygens (including phenoxy) is 2. The zero-order valence-corrected chi connectivity index (χ0v) is 16.0. The Morgan fingerprint density at radius 3 is 2.32 bits per heavy atom. The molecule has 8 heteroatoms. The van der Waals surface area contributed by atoms with Crippen LogP contribution in [0.3, 0.4) is 0 Å². The summed E-state index contributed by atoms with van der Waals surface area (Å²) in [6, 6.07) is 0. The van der Waals surface area contributed by atoms with Gasteiger partial charge in [-0.25, -0.2) is 4.79 Å². The smallest absolute Gasteiger partial charge is 0.410 e. The Morgan fingerprint density at radius 1 is 1.16 bits per heavy atom. The molecule has 0 saturated heterocycles. The summed E-state index contributed by atoms with van der Waals surface area (Å²) in [5.41, 5.74) is 0. The van der Waals surface area contributed by atoms with Gasteiger partial charge in [0.25, 0.3) is 6.29 Å². The van der Waals surface area contributed by atoms with Crippen molar-refractivity contribution < 1.29 is 29.0 Å². The van der Waals surface area contributed by atoms with E-state index in [0.717, 1.165) is 25.7 Å². The van der Waals surface area contributed by atoms with Crippen LogP contribution < -0.4 is 5.32 Å². The van der Waals surface area contributed by atoms with E-state index in [1.807, 2.05) is 0 Å². The highest BCUT2D eigenvalue weighted by atomic mass is 32.2. The maximum atomic E-state index is 11.9. The van der Waals surface area contributed by atoms with Crippen LogP contribution in [-0.2, 0) is 19.1 Å². The van der Waals surface area contributed by atoms with E-state index in [-0.39, 0.29) is 18.9 Å². The van der Waals surface area contributed by atoms with Crippen LogP contribution in [0.15, 0.2) is 0 Å². The molecular formula is C17H29NO6S. The lowest BCUT2D eigenvalue weighted by molar-refractivity contribution is -0.174. The summed E-state index contributed by atoms with van der Waals surface area (Å²) in [6.45, 7) is 5.15. The van der Waals surface area contributed by atoms with Crippen molar-refractivity contribution in [2.24, 2.45) is 5.92 Å². The third kappa shape index (κ3) is 8.47. The van der Waals surface area contributed by atoms with Gasteiger partial charge in [-0.2, -0.15) is 0 Å². The predicted octanol–water partition coefficient (Wildman–Crippen LogP) is 3.17. The zero-order valence-electron chi connectivity index (χ0n) is 15.2. The summed E-state index contributed by atoms with van der Waals surface area (Å²) >= 11 is 1.40. The topological polar surface area (TPSA) is 102 Å². The van der Waals surface area contributed by atoms with Crippen LogP contribution >= 0.6 is 11.8 Å². The zero-order chi connectivity index (χ0) is 18.8. The van der Waals surface area contributed by atoms with E-state index in [9.17, 15) is 19.5 Å². The standard InChI is InChI=1S/C17H29NO6S/c1-4-14(19)23-16(11(2)3)24-17(22)18-10-13(15(20)21)25-12-8-6-5-7-9-12/h11-13,16H,4-10H2,1-3H3,(H,18,22)(H,20,21)/t13-,16+/m0/s1. The van der Waals surface area contributed by atoms with Crippen molar-refractivity contribution in [1.82, 2.24) is 5.32 Å². The fourth-order valence-corrected chi connectivity index (χ4v) is 3.83. The Balaban J connectivity index is 2.46. The second-order valence-electron chi connectivity index (χ2n) is 6.47. The first-order chi connectivity index (χ1) is 11.8. The molecule has 0 heterocycles. The number of rotatable bonds is 9. The molecule has 144 valence electrons. The number of aliphatic carboxylic acids is 1. The van der Waals surface area contributed by atoms with Crippen molar-refractivity contribution >= 4 is 29.8 Å². The van der Waals surface area contributed by atoms with Crippen molar-refractivity contribution in [3.05, 3.63) is 0 Å². The maximum Gasteiger partial charge on any atom is 0.410 e. The molecule has 1 fully saturated rings.